The van der Waals surface area contributed by atoms with Crippen molar-refractivity contribution in [3.63, 3.8) is 0 Å². The Bertz CT molecular complexity index is 1170. The molecule has 2 heterocycles. The number of rotatable bonds is 7. The third kappa shape index (κ3) is 4.87. The Labute approximate surface area is 178 Å². The summed E-state index contributed by atoms with van der Waals surface area (Å²) in [6, 6.07) is 15.9. The Morgan fingerprint density at radius 2 is 1.84 bits per heavy atom. The third-order valence-electron chi connectivity index (χ3n) is 4.54. The van der Waals surface area contributed by atoms with Crippen LogP contribution in [0.15, 0.2) is 73.2 Å². The van der Waals surface area contributed by atoms with Gasteiger partial charge in [0.05, 0.1) is 18.8 Å². The summed E-state index contributed by atoms with van der Waals surface area (Å²) in [6.07, 6.45) is 5.47. The smallest absolute Gasteiger partial charge is 0.251 e. The summed E-state index contributed by atoms with van der Waals surface area (Å²) in [5.74, 6) is 0.677. The summed E-state index contributed by atoms with van der Waals surface area (Å²) < 4.78 is 7.20. The van der Waals surface area contributed by atoms with E-state index in [4.69, 9.17) is 4.74 Å². The maximum Gasteiger partial charge on any atom is 0.251 e. The van der Waals surface area contributed by atoms with E-state index in [2.05, 4.69) is 20.6 Å². The molecule has 8 nitrogen and oxygen atoms in total. The molecule has 0 aliphatic carbocycles. The Balaban J connectivity index is 1.31. The van der Waals surface area contributed by atoms with Crippen molar-refractivity contribution in [3.05, 3.63) is 78.8 Å². The van der Waals surface area contributed by atoms with E-state index in [9.17, 15) is 9.59 Å². The number of aromatic nitrogens is 3. The van der Waals surface area contributed by atoms with Gasteiger partial charge < -0.3 is 15.4 Å². The highest BCUT2D eigenvalue weighted by molar-refractivity contribution is 5.99. The number of hydrogen-bond acceptors (Lipinski definition) is 5. The number of amides is 2. The summed E-state index contributed by atoms with van der Waals surface area (Å²) >= 11 is 0. The van der Waals surface area contributed by atoms with Crippen molar-refractivity contribution in [2.45, 2.75) is 6.92 Å². The summed E-state index contributed by atoms with van der Waals surface area (Å²) in [6.45, 7) is 2.32. The fraction of sp³-hybridized carbons (Fsp3) is 0.130. The van der Waals surface area contributed by atoms with Crippen LogP contribution >= 0.6 is 0 Å². The zero-order valence-corrected chi connectivity index (χ0v) is 16.9. The number of anilines is 1. The normalized spacial score (nSPS) is 10.6. The first-order valence-electron chi connectivity index (χ1n) is 9.83. The first-order valence-corrected chi connectivity index (χ1v) is 9.83. The van der Waals surface area contributed by atoms with Crippen molar-refractivity contribution in [2.75, 3.05) is 18.5 Å². The summed E-state index contributed by atoms with van der Waals surface area (Å²) in [5.41, 5.74) is 2.79. The molecule has 0 unspecified atom stereocenters. The molecule has 0 atom stereocenters. The van der Waals surface area contributed by atoms with Crippen LogP contribution in [0.25, 0.3) is 17.0 Å². The minimum atomic E-state index is -0.325. The van der Waals surface area contributed by atoms with Crippen LogP contribution in [0.4, 0.5) is 5.69 Å². The Kier molecular flexibility index (Phi) is 5.89. The third-order valence-corrected chi connectivity index (χ3v) is 4.54. The van der Waals surface area contributed by atoms with E-state index in [1.54, 1.807) is 42.6 Å². The molecule has 2 aromatic heterocycles. The zero-order chi connectivity index (χ0) is 21.6. The lowest BCUT2D eigenvalue weighted by atomic mass is 10.1. The lowest BCUT2D eigenvalue weighted by Gasteiger charge is -2.08. The van der Waals surface area contributed by atoms with E-state index in [1.165, 1.54) is 0 Å². The van der Waals surface area contributed by atoms with Crippen molar-refractivity contribution in [2.24, 2.45) is 0 Å². The van der Waals surface area contributed by atoms with Gasteiger partial charge in [0.25, 0.3) is 5.91 Å². The standard InChI is InChI=1S/C23H21N5O3/c1-2-31-19-10-6-17(7-11-19)22(30)25-14-21(29)26-18-8-4-16(5-9-18)20-15-28-13-3-12-24-23(28)27-20/h3-13,15H,2,14H2,1H3,(H,25,30)(H,26,29). The second-order valence-corrected chi connectivity index (χ2v) is 6.72. The Morgan fingerprint density at radius 3 is 2.55 bits per heavy atom. The fourth-order valence-corrected chi connectivity index (χ4v) is 3.03. The molecule has 2 N–H and O–H groups in total. The van der Waals surface area contributed by atoms with Gasteiger partial charge in [-0.1, -0.05) is 12.1 Å². The van der Waals surface area contributed by atoms with Gasteiger partial charge in [-0.25, -0.2) is 9.97 Å². The Hall–Kier alpha value is -4.20. The number of ether oxygens (including phenoxy) is 1. The van der Waals surface area contributed by atoms with Crippen molar-refractivity contribution in [1.82, 2.24) is 19.7 Å². The van der Waals surface area contributed by atoms with Crippen molar-refractivity contribution >= 4 is 23.3 Å². The molecule has 31 heavy (non-hydrogen) atoms. The van der Waals surface area contributed by atoms with E-state index in [0.717, 1.165) is 11.3 Å². The van der Waals surface area contributed by atoms with Crippen LogP contribution in [0, 0.1) is 0 Å². The lowest BCUT2D eigenvalue weighted by molar-refractivity contribution is -0.115. The summed E-state index contributed by atoms with van der Waals surface area (Å²) in [4.78, 5) is 33.1. The van der Waals surface area contributed by atoms with Gasteiger partial charge in [0, 0.05) is 35.4 Å². The van der Waals surface area contributed by atoms with Crippen LogP contribution in [0.5, 0.6) is 5.75 Å². The molecule has 4 rings (SSSR count). The molecule has 4 aromatic rings. The molecule has 0 aliphatic heterocycles. The first kappa shape index (κ1) is 20.1. The monoisotopic (exact) mass is 415 g/mol. The second kappa shape index (κ2) is 9.08. The highest BCUT2D eigenvalue weighted by Crippen LogP contribution is 2.20. The molecular formula is C23H21N5O3. The maximum atomic E-state index is 12.2. The van der Waals surface area contributed by atoms with Gasteiger partial charge >= 0.3 is 0 Å². The van der Waals surface area contributed by atoms with Crippen LogP contribution in [0.2, 0.25) is 0 Å². The molecule has 0 bridgehead atoms. The molecule has 0 radical (unpaired) electrons. The first-order chi connectivity index (χ1) is 15.1. The summed E-state index contributed by atoms with van der Waals surface area (Å²) in [5, 5.41) is 5.38. The average molecular weight is 415 g/mol. The van der Waals surface area contributed by atoms with E-state index in [-0.39, 0.29) is 18.4 Å². The van der Waals surface area contributed by atoms with Gasteiger partial charge in [-0.15, -0.1) is 0 Å². The number of fused-ring (bicyclic) bond motifs is 1. The van der Waals surface area contributed by atoms with Crippen molar-refractivity contribution < 1.29 is 14.3 Å². The lowest BCUT2D eigenvalue weighted by Crippen LogP contribution is -2.32. The molecular weight excluding hydrogens is 394 g/mol. The molecule has 0 aliphatic rings. The number of nitrogens with zero attached hydrogens (tertiary/aromatic N) is 3. The SMILES string of the molecule is CCOc1ccc(C(=O)NCC(=O)Nc2ccc(-c3cn4cccnc4n3)cc2)cc1. The van der Waals surface area contributed by atoms with Crippen LogP contribution in [-0.4, -0.2) is 39.3 Å². The number of imidazole rings is 1. The highest BCUT2D eigenvalue weighted by Gasteiger charge is 2.09. The fourth-order valence-electron chi connectivity index (χ4n) is 3.03. The number of benzene rings is 2. The summed E-state index contributed by atoms with van der Waals surface area (Å²) in [7, 11) is 0. The van der Waals surface area contributed by atoms with Crippen LogP contribution in [0.1, 0.15) is 17.3 Å². The van der Waals surface area contributed by atoms with E-state index >= 15 is 0 Å². The van der Waals surface area contributed by atoms with Crippen molar-refractivity contribution in [1.29, 1.82) is 0 Å². The van der Waals surface area contributed by atoms with Crippen LogP contribution in [-0.2, 0) is 4.79 Å². The highest BCUT2D eigenvalue weighted by atomic mass is 16.5. The molecule has 8 heteroatoms. The van der Waals surface area contributed by atoms with E-state index in [0.29, 0.717) is 29.4 Å². The molecule has 0 saturated carbocycles. The second-order valence-electron chi connectivity index (χ2n) is 6.72. The molecule has 0 saturated heterocycles. The van der Waals surface area contributed by atoms with Gasteiger partial charge in [0.2, 0.25) is 11.7 Å². The molecule has 2 aromatic carbocycles. The molecule has 2 amide bonds. The number of carbonyl (C=O) groups excluding carboxylic acids is 2. The predicted octanol–water partition coefficient (Wildman–Crippen LogP) is 3.16. The van der Waals surface area contributed by atoms with Gasteiger partial charge in [-0.05, 0) is 49.4 Å². The van der Waals surface area contributed by atoms with Gasteiger partial charge in [-0.2, -0.15) is 0 Å². The topological polar surface area (TPSA) is 97.6 Å². The molecule has 0 fully saturated rings. The Morgan fingerprint density at radius 1 is 1.06 bits per heavy atom. The van der Waals surface area contributed by atoms with Gasteiger partial charge in [0.15, 0.2) is 0 Å². The van der Waals surface area contributed by atoms with Gasteiger partial charge in [-0.3, -0.25) is 14.0 Å². The van der Waals surface area contributed by atoms with Gasteiger partial charge in [0.1, 0.15) is 5.75 Å². The molecule has 0 spiro atoms. The van der Waals surface area contributed by atoms with E-state index in [1.807, 2.05) is 41.9 Å². The maximum absolute atomic E-state index is 12.2. The van der Waals surface area contributed by atoms with Crippen molar-refractivity contribution in [3.8, 4) is 17.0 Å². The van der Waals surface area contributed by atoms with E-state index < -0.39 is 0 Å². The average Bonchev–Trinajstić information content (AvgIpc) is 3.23. The number of carbonyl (C=O) groups is 2. The number of hydrogen-bond donors (Lipinski definition) is 2. The minimum Gasteiger partial charge on any atom is -0.494 e. The molecule has 156 valence electrons. The van der Waals surface area contributed by atoms with Crippen LogP contribution in [0.3, 0.4) is 0 Å². The predicted molar refractivity (Wildman–Crippen MR) is 117 cm³/mol. The number of nitrogens with one attached hydrogen (secondary N) is 2. The largest absolute Gasteiger partial charge is 0.494 e. The quantitative estimate of drug-likeness (QED) is 0.483. The zero-order valence-electron chi connectivity index (χ0n) is 16.9. The minimum absolute atomic E-state index is 0.133. The van der Waals surface area contributed by atoms with Crippen LogP contribution < -0.4 is 15.4 Å².